The van der Waals surface area contributed by atoms with Gasteiger partial charge >= 0.3 is 5.97 Å². The molecule has 1 aromatic rings. The molecule has 1 heterocycles. The van der Waals surface area contributed by atoms with Crippen LogP contribution >= 0.6 is 11.6 Å². The van der Waals surface area contributed by atoms with E-state index in [9.17, 15) is 9.59 Å². The Bertz CT molecular complexity index is 766. The highest BCUT2D eigenvalue weighted by Gasteiger charge is 2.41. The fourth-order valence-corrected chi connectivity index (χ4v) is 3.43. The van der Waals surface area contributed by atoms with Crippen LogP contribution in [0.1, 0.15) is 37.7 Å². The number of nitrogens with two attached hydrogens (primary N) is 1. The van der Waals surface area contributed by atoms with Crippen molar-refractivity contribution in [1.82, 2.24) is 0 Å². The second-order valence-electron chi connectivity index (χ2n) is 5.67. The summed E-state index contributed by atoms with van der Waals surface area (Å²) in [5, 5.41) is 0.462. The summed E-state index contributed by atoms with van der Waals surface area (Å²) in [6.07, 6.45) is 1.73. The summed E-state index contributed by atoms with van der Waals surface area (Å²) < 4.78 is 10.7. The van der Waals surface area contributed by atoms with Crippen LogP contribution in [0, 0.1) is 0 Å². The van der Waals surface area contributed by atoms with Gasteiger partial charge in [0.15, 0.2) is 5.78 Å². The second kappa shape index (κ2) is 6.69. The molecule has 24 heavy (non-hydrogen) atoms. The SMILES string of the molecule is CCOC(=O)C1=C(N)OC2=C(C(=O)CCC2)C1c1ccccc1Cl. The van der Waals surface area contributed by atoms with Crippen molar-refractivity contribution in [2.75, 3.05) is 6.61 Å². The van der Waals surface area contributed by atoms with Crippen molar-refractivity contribution in [3.05, 3.63) is 57.6 Å². The Morgan fingerprint density at radius 3 is 2.83 bits per heavy atom. The highest BCUT2D eigenvalue weighted by Crippen LogP contribution is 2.45. The Balaban J connectivity index is 2.19. The maximum atomic E-state index is 12.6. The van der Waals surface area contributed by atoms with Gasteiger partial charge < -0.3 is 15.2 Å². The van der Waals surface area contributed by atoms with E-state index in [-0.39, 0.29) is 23.8 Å². The molecule has 126 valence electrons. The third-order valence-electron chi connectivity index (χ3n) is 4.20. The quantitative estimate of drug-likeness (QED) is 0.849. The maximum Gasteiger partial charge on any atom is 0.340 e. The lowest BCUT2D eigenvalue weighted by atomic mass is 9.77. The van der Waals surface area contributed by atoms with Crippen LogP contribution in [0.15, 0.2) is 47.1 Å². The Morgan fingerprint density at radius 2 is 2.12 bits per heavy atom. The van der Waals surface area contributed by atoms with E-state index in [1.807, 2.05) is 6.07 Å². The number of esters is 1. The average molecular weight is 348 g/mol. The van der Waals surface area contributed by atoms with Crippen LogP contribution in [0.3, 0.4) is 0 Å². The molecule has 0 radical (unpaired) electrons. The van der Waals surface area contributed by atoms with Crippen LogP contribution in [0.2, 0.25) is 5.02 Å². The third kappa shape index (κ3) is 2.80. The monoisotopic (exact) mass is 347 g/mol. The highest BCUT2D eigenvalue weighted by atomic mass is 35.5. The van der Waals surface area contributed by atoms with E-state index in [4.69, 9.17) is 26.8 Å². The van der Waals surface area contributed by atoms with Crippen LogP contribution in [0.4, 0.5) is 0 Å². The van der Waals surface area contributed by atoms with E-state index in [0.717, 1.165) is 0 Å². The molecule has 1 aromatic carbocycles. The van der Waals surface area contributed by atoms with E-state index < -0.39 is 11.9 Å². The zero-order valence-electron chi connectivity index (χ0n) is 13.3. The molecule has 0 spiro atoms. The van der Waals surface area contributed by atoms with Gasteiger partial charge in [0.2, 0.25) is 5.88 Å². The van der Waals surface area contributed by atoms with Crippen molar-refractivity contribution in [1.29, 1.82) is 0 Å². The van der Waals surface area contributed by atoms with Crippen LogP contribution in [0.25, 0.3) is 0 Å². The van der Waals surface area contributed by atoms with Gasteiger partial charge in [0.05, 0.1) is 12.5 Å². The first-order valence-corrected chi connectivity index (χ1v) is 8.27. The molecule has 0 aromatic heterocycles. The molecule has 2 N–H and O–H groups in total. The first-order valence-electron chi connectivity index (χ1n) is 7.89. The minimum absolute atomic E-state index is 0.0215. The van der Waals surface area contributed by atoms with Gasteiger partial charge in [-0.1, -0.05) is 29.8 Å². The third-order valence-corrected chi connectivity index (χ3v) is 4.54. The lowest BCUT2D eigenvalue weighted by Gasteiger charge is -2.32. The first kappa shape index (κ1) is 16.6. The highest BCUT2D eigenvalue weighted by molar-refractivity contribution is 6.31. The van der Waals surface area contributed by atoms with Crippen molar-refractivity contribution >= 4 is 23.4 Å². The number of benzene rings is 1. The van der Waals surface area contributed by atoms with Gasteiger partial charge in [-0.2, -0.15) is 0 Å². The van der Waals surface area contributed by atoms with E-state index in [0.29, 0.717) is 41.2 Å². The normalized spacial score (nSPS) is 20.6. The van der Waals surface area contributed by atoms with Crippen molar-refractivity contribution < 1.29 is 19.1 Å². The molecular weight excluding hydrogens is 330 g/mol. The Hall–Kier alpha value is -2.27. The first-order chi connectivity index (χ1) is 11.5. The number of rotatable bonds is 3. The lowest BCUT2D eigenvalue weighted by molar-refractivity contribution is -0.139. The number of carbonyl (C=O) groups is 2. The van der Waals surface area contributed by atoms with Crippen LogP contribution < -0.4 is 5.73 Å². The van der Waals surface area contributed by atoms with E-state index in [1.54, 1.807) is 25.1 Å². The summed E-state index contributed by atoms with van der Waals surface area (Å²) in [5.41, 5.74) is 7.26. The van der Waals surface area contributed by atoms with Gasteiger partial charge in [-0.15, -0.1) is 0 Å². The minimum Gasteiger partial charge on any atom is -0.462 e. The van der Waals surface area contributed by atoms with Gasteiger partial charge in [0.25, 0.3) is 0 Å². The molecule has 1 aliphatic carbocycles. The number of ketones is 1. The van der Waals surface area contributed by atoms with Gasteiger partial charge in [-0.25, -0.2) is 4.79 Å². The molecule has 2 aliphatic rings. The van der Waals surface area contributed by atoms with Crippen molar-refractivity contribution in [2.24, 2.45) is 5.73 Å². The summed E-state index contributed by atoms with van der Waals surface area (Å²) in [5.74, 6) is -0.789. The molecule has 3 rings (SSSR count). The molecule has 0 bridgehead atoms. The summed E-state index contributed by atoms with van der Waals surface area (Å²) in [6, 6.07) is 7.11. The number of ether oxygens (including phenoxy) is 2. The number of Topliss-reactive ketones (excluding diaryl/α,β-unsaturated/α-hetero) is 1. The Kier molecular flexibility index (Phi) is 4.62. The van der Waals surface area contributed by atoms with Gasteiger partial charge in [0, 0.05) is 23.4 Å². The summed E-state index contributed by atoms with van der Waals surface area (Å²) >= 11 is 6.34. The molecule has 0 amide bonds. The van der Waals surface area contributed by atoms with Crippen molar-refractivity contribution in [3.8, 4) is 0 Å². The fraction of sp³-hybridized carbons (Fsp3) is 0.333. The number of hydrogen-bond donors (Lipinski definition) is 1. The molecule has 1 atom stereocenters. The topological polar surface area (TPSA) is 78.6 Å². The molecule has 6 heteroatoms. The summed E-state index contributed by atoms with van der Waals surface area (Å²) in [6.45, 7) is 1.91. The van der Waals surface area contributed by atoms with Crippen LogP contribution in [0.5, 0.6) is 0 Å². The molecule has 1 aliphatic heterocycles. The largest absolute Gasteiger partial charge is 0.462 e. The zero-order valence-corrected chi connectivity index (χ0v) is 14.1. The number of hydrogen-bond acceptors (Lipinski definition) is 5. The molecule has 5 nitrogen and oxygen atoms in total. The van der Waals surface area contributed by atoms with Crippen LogP contribution in [-0.2, 0) is 19.1 Å². The zero-order chi connectivity index (χ0) is 17.3. The second-order valence-corrected chi connectivity index (χ2v) is 6.08. The number of halogens is 1. The standard InChI is InChI=1S/C18H18ClNO4/c1-2-23-18(22)16-14(10-6-3-4-7-11(10)19)15-12(21)8-5-9-13(15)24-17(16)20/h3-4,6-7,14H,2,5,8-9,20H2,1H3. The van der Waals surface area contributed by atoms with Crippen LogP contribution in [-0.4, -0.2) is 18.4 Å². The average Bonchev–Trinajstić information content (AvgIpc) is 2.54. The molecular formula is C18H18ClNO4. The molecule has 0 saturated heterocycles. The Morgan fingerprint density at radius 1 is 1.38 bits per heavy atom. The predicted molar refractivity (Wildman–Crippen MR) is 89.0 cm³/mol. The predicted octanol–water partition coefficient (Wildman–Crippen LogP) is 3.19. The van der Waals surface area contributed by atoms with E-state index in [1.165, 1.54) is 0 Å². The van der Waals surface area contributed by atoms with E-state index in [2.05, 4.69) is 0 Å². The fourth-order valence-electron chi connectivity index (χ4n) is 3.18. The number of allylic oxidation sites excluding steroid dienone is 2. The van der Waals surface area contributed by atoms with E-state index >= 15 is 0 Å². The van der Waals surface area contributed by atoms with Crippen molar-refractivity contribution in [2.45, 2.75) is 32.1 Å². The summed E-state index contributed by atoms with van der Waals surface area (Å²) in [4.78, 5) is 25.0. The Labute approximate surface area is 145 Å². The van der Waals surface area contributed by atoms with Gasteiger partial charge in [0.1, 0.15) is 11.3 Å². The van der Waals surface area contributed by atoms with Gasteiger partial charge in [-0.05, 0) is 25.0 Å². The maximum absolute atomic E-state index is 12.6. The molecule has 0 saturated carbocycles. The lowest BCUT2D eigenvalue weighted by Crippen LogP contribution is -2.31. The number of carbonyl (C=O) groups excluding carboxylic acids is 2. The van der Waals surface area contributed by atoms with Gasteiger partial charge in [-0.3, -0.25) is 4.79 Å². The smallest absolute Gasteiger partial charge is 0.340 e. The summed E-state index contributed by atoms with van der Waals surface area (Å²) in [7, 11) is 0. The molecule has 0 fully saturated rings. The molecule has 1 unspecified atom stereocenters. The minimum atomic E-state index is -0.658. The van der Waals surface area contributed by atoms with Crippen molar-refractivity contribution in [3.63, 3.8) is 0 Å².